The van der Waals surface area contributed by atoms with E-state index in [0.717, 1.165) is 29.7 Å². The standard InChI is InChI=1S/C25H29BrN4O6/c1-15-6-4-8-20(16(15)2)29-22(31)14-36-23-19(26)10-17(11-21(23)34-3)12-28-30-25(33)24(32)27-13-18-7-5-9-35-18/h4,6,8,10-12,18H,5,7,9,13-14H2,1-3H3,(H,27,32)(H,29,31)(H,30,33)/b28-12-/t18-/m0/s1. The lowest BCUT2D eigenvalue weighted by Gasteiger charge is -2.14. The van der Waals surface area contributed by atoms with Gasteiger partial charge in [0.1, 0.15) is 0 Å². The lowest BCUT2D eigenvalue weighted by molar-refractivity contribution is -0.139. The van der Waals surface area contributed by atoms with Gasteiger partial charge in [0.25, 0.3) is 5.91 Å². The van der Waals surface area contributed by atoms with Crippen molar-refractivity contribution in [1.29, 1.82) is 0 Å². The molecule has 1 saturated heterocycles. The first-order valence-electron chi connectivity index (χ1n) is 11.4. The van der Waals surface area contributed by atoms with Gasteiger partial charge in [-0.1, -0.05) is 12.1 Å². The summed E-state index contributed by atoms with van der Waals surface area (Å²) in [6, 6.07) is 8.97. The average molecular weight is 561 g/mol. The van der Waals surface area contributed by atoms with Gasteiger partial charge in [-0.25, -0.2) is 5.43 Å². The van der Waals surface area contributed by atoms with Crippen LogP contribution in [0.2, 0.25) is 0 Å². The summed E-state index contributed by atoms with van der Waals surface area (Å²) in [5.74, 6) is -1.30. The molecule has 1 fully saturated rings. The molecule has 0 unspecified atom stereocenters. The van der Waals surface area contributed by atoms with Gasteiger partial charge in [-0.05, 0) is 77.5 Å². The van der Waals surface area contributed by atoms with Crippen LogP contribution in [-0.2, 0) is 19.1 Å². The second-order valence-corrected chi connectivity index (χ2v) is 9.02. The number of benzene rings is 2. The van der Waals surface area contributed by atoms with Gasteiger partial charge in [0.15, 0.2) is 18.1 Å². The van der Waals surface area contributed by atoms with Crippen LogP contribution in [0.1, 0.15) is 29.5 Å². The number of carbonyl (C=O) groups is 3. The van der Waals surface area contributed by atoms with Crippen molar-refractivity contribution >= 4 is 45.6 Å². The molecule has 2 aromatic carbocycles. The molecule has 0 saturated carbocycles. The Morgan fingerprint density at radius 1 is 1.22 bits per heavy atom. The topological polar surface area (TPSA) is 127 Å². The zero-order valence-corrected chi connectivity index (χ0v) is 21.9. The average Bonchev–Trinajstić information content (AvgIpc) is 3.38. The molecule has 11 heteroatoms. The maximum Gasteiger partial charge on any atom is 0.329 e. The Kier molecular flexibility index (Phi) is 9.83. The van der Waals surface area contributed by atoms with Crippen LogP contribution in [0.3, 0.4) is 0 Å². The van der Waals surface area contributed by atoms with Crippen molar-refractivity contribution in [2.75, 3.05) is 32.2 Å². The molecule has 10 nitrogen and oxygen atoms in total. The van der Waals surface area contributed by atoms with E-state index in [2.05, 4.69) is 37.1 Å². The van der Waals surface area contributed by atoms with Gasteiger partial charge in [-0.3, -0.25) is 14.4 Å². The van der Waals surface area contributed by atoms with Crippen LogP contribution in [0.4, 0.5) is 5.69 Å². The highest BCUT2D eigenvalue weighted by atomic mass is 79.9. The molecule has 192 valence electrons. The minimum atomic E-state index is -0.884. The molecule has 1 aliphatic rings. The first-order valence-corrected chi connectivity index (χ1v) is 12.2. The number of hydrogen-bond donors (Lipinski definition) is 3. The lowest BCUT2D eigenvalue weighted by Crippen LogP contribution is -2.41. The van der Waals surface area contributed by atoms with Crippen LogP contribution in [0.5, 0.6) is 11.5 Å². The van der Waals surface area contributed by atoms with E-state index in [1.807, 2.05) is 32.0 Å². The summed E-state index contributed by atoms with van der Waals surface area (Å²) in [6.07, 6.45) is 3.09. The van der Waals surface area contributed by atoms with Crippen molar-refractivity contribution in [3.63, 3.8) is 0 Å². The van der Waals surface area contributed by atoms with Gasteiger partial charge in [0.05, 0.1) is 23.9 Å². The smallest absolute Gasteiger partial charge is 0.329 e. The van der Waals surface area contributed by atoms with E-state index in [1.165, 1.54) is 13.3 Å². The number of nitrogens with one attached hydrogen (secondary N) is 3. The monoisotopic (exact) mass is 560 g/mol. The van der Waals surface area contributed by atoms with Crippen molar-refractivity contribution < 1.29 is 28.6 Å². The molecule has 0 bridgehead atoms. The van der Waals surface area contributed by atoms with E-state index in [0.29, 0.717) is 28.1 Å². The van der Waals surface area contributed by atoms with Crippen molar-refractivity contribution in [2.45, 2.75) is 32.8 Å². The fourth-order valence-corrected chi connectivity index (χ4v) is 4.05. The SMILES string of the molecule is COc1cc(/C=N\NC(=O)C(=O)NC[C@@H]2CCCO2)cc(Br)c1OCC(=O)Nc1cccc(C)c1C. The van der Waals surface area contributed by atoms with Crippen LogP contribution < -0.4 is 25.5 Å². The molecule has 1 heterocycles. The number of halogens is 1. The molecular weight excluding hydrogens is 532 g/mol. The number of aryl methyl sites for hydroxylation is 1. The Balaban J connectivity index is 1.54. The van der Waals surface area contributed by atoms with E-state index in [9.17, 15) is 14.4 Å². The van der Waals surface area contributed by atoms with Crippen LogP contribution in [0.25, 0.3) is 0 Å². The number of carbonyl (C=O) groups excluding carboxylic acids is 3. The Bertz CT molecular complexity index is 1150. The summed E-state index contributed by atoms with van der Waals surface area (Å²) in [7, 11) is 1.46. The summed E-state index contributed by atoms with van der Waals surface area (Å²) < 4.78 is 17.0. The number of hydrazone groups is 1. The van der Waals surface area contributed by atoms with Crippen molar-refractivity contribution in [3.05, 3.63) is 51.5 Å². The summed E-state index contributed by atoms with van der Waals surface area (Å²) in [4.78, 5) is 36.2. The minimum Gasteiger partial charge on any atom is -0.493 e. The van der Waals surface area contributed by atoms with Crippen molar-refractivity contribution in [2.24, 2.45) is 5.10 Å². The molecule has 0 aromatic heterocycles. The number of ether oxygens (including phenoxy) is 3. The van der Waals surface area contributed by atoms with E-state index < -0.39 is 11.8 Å². The highest BCUT2D eigenvalue weighted by Crippen LogP contribution is 2.36. The zero-order valence-electron chi connectivity index (χ0n) is 20.4. The second-order valence-electron chi connectivity index (χ2n) is 8.16. The van der Waals surface area contributed by atoms with Gasteiger partial charge >= 0.3 is 11.8 Å². The lowest BCUT2D eigenvalue weighted by atomic mass is 10.1. The van der Waals surface area contributed by atoms with Gasteiger partial charge in [-0.2, -0.15) is 5.10 Å². The van der Waals surface area contributed by atoms with E-state index in [-0.39, 0.29) is 25.2 Å². The Hall–Kier alpha value is -3.44. The number of methoxy groups -OCH3 is 1. The summed E-state index contributed by atoms with van der Waals surface area (Å²) in [5, 5.41) is 9.19. The Labute approximate surface area is 217 Å². The summed E-state index contributed by atoms with van der Waals surface area (Å²) >= 11 is 3.41. The number of amides is 3. The molecule has 36 heavy (non-hydrogen) atoms. The van der Waals surface area contributed by atoms with Gasteiger partial charge in [-0.15, -0.1) is 0 Å². The second kappa shape index (κ2) is 13.0. The highest BCUT2D eigenvalue weighted by Gasteiger charge is 2.19. The third kappa shape index (κ3) is 7.53. The van der Waals surface area contributed by atoms with Gasteiger partial charge in [0.2, 0.25) is 0 Å². The molecule has 3 rings (SSSR count). The molecule has 3 amide bonds. The largest absolute Gasteiger partial charge is 0.493 e. The third-order valence-electron chi connectivity index (χ3n) is 5.58. The fraction of sp³-hybridized carbons (Fsp3) is 0.360. The van der Waals surface area contributed by atoms with E-state index in [4.69, 9.17) is 14.2 Å². The predicted molar refractivity (Wildman–Crippen MR) is 138 cm³/mol. The molecule has 3 N–H and O–H groups in total. The Morgan fingerprint density at radius 2 is 2.03 bits per heavy atom. The fourth-order valence-electron chi connectivity index (χ4n) is 3.47. The number of hydrogen-bond acceptors (Lipinski definition) is 7. The number of anilines is 1. The van der Waals surface area contributed by atoms with Gasteiger partial charge in [0, 0.05) is 18.8 Å². The molecule has 1 aliphatic heterocycles. The predicted octanol–water partition coefficient (Wildman–Crippen LogP) is 2.84. The van der Waals surface area contributed by atoms with Crippen molar-refractivity contribution in [1.82, 2.24) is 10.7 Å². The van der Waals surface area contributed by atoms with E-state index >= 15 is 0 Å². The zero-order chi connectivity index (χ0) is 26.1. The third-order valence-corrected chi connectivity index (χ3v) is 6.17. The molecular formula is C25H29BrN4O6. The maximum absolute atomic E-state index is 12.4. The van der Waals surface area contributed by atoms with E-state index in [1.54, 1.807) is 12.1 Å². The first-order chi connectivity index (χ1) is 17.3. The molecule has 0 spiro atoms. The molecule has 0 radical (unpaired) electrons. The normalized spacial score (nSPS) is 14.9. The minimum absolute atomic E-state index is 0.0615. The summed E-state index contributed by atoms with van der Waals surface area (Å²) in [6.45, 7) is 4.63. The maximum atomic E-state index is 12.4. The first kappa shape index (κ1) is 27.2. The number of nitrogens with zero attached hydrogens (tertiary/aromatic N) is 1. The molecule has 1 atom stereocenters. The van der Waals surface area contributed by atoms with Crippen LogP contribution in [0.15, 0.2) is 39.9 Å². The summed E-state index contributed by atoms with van der Waals surface area (Å²) in [5.41, 5.74) is 5.54. The van der Waals surface area contributed by atoms with Crippen LogP contribution in [-0.4, -0.2) is 56.9 Å². The highest BCUT2D eigenvalue weighted by molar-refractivity contribution is 9.10. The van der Waals surface area contributed by atoms with Crippen LogP contribution in [0, 0.1) is 13.8 Å². The molecule has 2 aromatic rings. The van der Waals surface area contributed by atoms with Crippen LogP contribution >= 0.6 is 15.9 Å². The quantitative estimate of drug-likeness (QED) is 0.246. The number of rotatable bonds is 9. The Morgan fingerprint density at radius 3 is 2.75 bits per heavy atom. The van der Waals surface area contributed by atoms with Gasteiger partial charge < -0.3 is 24.8 Å². The molecule has 0 aliphatic carbocycles. The van der Waals surface area contributed by atoms with Crippen molar-refractivity contribution in [3.8, 4) is 11.5 Å².